The molecule has 0 aliphatic rings. The van der Waals surface area contributed by atoms with E-state index in [0.29, 0.717) is 13.1 Å². The van der Waals surface area contributed by atoms with Crippen molar-refractivity contribution in [3.63, 3.8) is 0 Å². The lowest BCUT2D eigenvalue weighted by Gasteiger charge is -2.20. The fraction of sp³-hybridized carbons (Fsp3) is 0.381. The predicted octanol–water partition coefficient (Wildman–Crippen LogP) is 4.65. The Hall–Kier alpha value is -1.85. The highest BCUT2D eigenvalue weighted by molar-refractivity contribution is 9.10. The Balaban J connectivity index is 2.06. The summed E-state index contributed by atoms with van der Waals surface area (Å²) in [6.07, 6.45) is 1.79. The number of para-hydroxylation sites is 1. The van der Waals surface area contributed by atoms with E-state index in [1.165, 1.54) is 11.1 Å². The summed E-state index contributed by atoms with van der Waals surface area (Å²) in [7, 11) is 3.60. The van der Waals surface area contributed by atoms with Gasteiger partial charge in [-0.1, -0.05) is 48.0 Å². The smallest absolute Gasteiger partial charge is 0.238 e. The number of likely N-dealkylation sites (N-methyl/N-ethyl adjacent to an activating group) is 1. The van der Waals surface area contributed by atoms with Gasteiger partial charge in [0.25, 0.3) is 0 Å². The van der Waals surface area contributed by atoms with Crippen LogP contribution in [0.2, 0.25) is 0 Å². The summed E-state index contributed by atoms with van der Waals surface area (Å²) in [5, 5.41) is 3.12. The molecule has 0 fully saturated rings. The van der Waals surface area contributed by atoms with Crippen LogP contribution in [0.25, 0.3) is 0 Å². The van der Waals surface area contributed by atoms with Crippen LogP contribution in [0.3, 0.4) is 0 Å². The van der Waals surface area contributed by atoms with E-state index in [4.69, 9.17) is 4.74 Å². The lowest BCUT2D eigenvalue weighted by Crippen LogP contribution is -2.30. The molecule has 0 saturated carbocycles. The van der Waals surface area contributed by atoms with Gasteiger partial charge in [-0.05, 0) is 49.2 Å². The number of amides is 1. The van der Waals surface area contributed by atoms with Gasteiger partial charge in [0.05, 0.1) is 13.7 Å². The van der Waals surface area contributed by atoms with Gasteiger partial charge in [0.15, 0.2) is 0 Å². The number of nitrogens with zero attached hydrogens (tertiary/aromatic N) is 1. The summed E-state index contributed by atoms with van der Waals surface area (Å²) < 4.78 is 6.41. The molecular formula is C21H27BrN2O2. The van der Waals surface area contributed by atoms with Gasteiger partial charge in [-0.3, -0.25) is 9.69 Å². The van der Waals surface area contributed by atoms with Gasteiger partial charge in [-0.2, -0.15) is 0 Å². The van der Waals surface area contributed by atoms with Gasteiger partial charge in [0.1, 0.15) is 5.75 Å². The van der Waals surface area contributed by atoms with Crippen LogP contribution in [0.5, 0.6) is 5.75 Å². The third kappa shape index (κ3) is 5.32. The molecule has 0 bridgehead atoms. The van der Waals surface area contributed by atoms with Crippen LogP contribution < -0.4 is 10.1 Å². The Labute approximate surface area is 164 Å². The molecule has 1 N–H and O–H groups in total. The van der Waals surface area contributed by atoms with E-state index in [9.17, 15) is 4.79 Å². The minimum atomic E-state index is -0.00272. The quantitative estimate of drug-likeness (QED) is 0.677. The number of anilines is 1. The second kappa shape index (κ2) is 9.74. The molecule has 0 saturated heterocycles. The van der Waals surface area contributed by atoms with Crippen molar-refractivity contribution in [2.75, 3.05) is 26.0 Å². The Bertz CT molecular complexity index is 739. The van der Waals surface area contributed by atoms with Crippen molar-refractivity contribution >= 4 is 27.5 Å². The number of nitrogens with one attached hydrogen (secondary N) is 1. The molecule has 0 aliphatic heterocycles. The zero-order valence-electron chi connectivity index (χ0n) is 15.9. The summed E-state index contributed by atoms with van der Waals surface area (Å²) in [6.45, 7) is 5.16. The molecule has 4 nitrogen and oxygen atoms in total. The number of benzene rings is 2. The summed E-state index contributed by atoms with van der Waals surface area (Å²) in [6, 6.07) is 12.1. The minimum absolute atomic E-state index is 0.00272. The van der Waals surface area contributed by atoms with Crippen molar-refractivity contribution < 1.29 is 9.53 Å². The normalized spacial score (nSPS) is 10.8. The van der Waals surface area contributed by atoms with Gasteiger partial charge in [-0.25, -0.2) is 0 Å². The highest BCUT2D eigenvalue weighted by Crippen LogP contribution is 2.25. The lowest BCUT2D eigenvalue weighted by atomic mass is 10.0. The maximum Gasteiger partial charge on any atom is 0.238 e. The molecule has 5 heteroatoms. The zero-order chi connectivity index (χ0) is 19.1. The molecule has 1 amide bonds. The van der Waals surface area contributed by atoms with Crippen molar-refractivity contribution in [1.29, 1.82) is 0 Å². The first-order valence-corrected chi connectivity index (χ1v) is 9.69. The molecular weight excluding hydrogens is 392 g/mol. The SMILES string of the molecule is CCc1cccc(CC)c1NC(=O)CN(C)Cc1cc(Br)ccc1OC. The van der Waals surface area contributed by atoms with Crippen LogP contribution in [0.4, 0.5) is 5.69 Å². The third-order valence-electron chi connectivity index (χ3n) is 4.36. The van der Waals surface area contributed by atoms with Gasteiger partial charge >= 0.3 is 0 Å². The van der Waals surface area contributed by atoms with Crippen LogP contribution >= 0.6 is 15.9 Å². The zero-order valence-corrected chi connectivity index (χ0v) is 17.5. The molecule has 0 radical (unpaired) electrons. The number of carbonyl (C=O) groups is 1. The van der Waals surface area contributed by atoms with Gasteiger partial charge in [0.2, 0.25) is 5.91 Å². The first-order valence-electron chi connectivity index (χ1n) is 8.90. The maximum atomic E-state index is 12.6. The first kappa shape index (κ1) is 20.5. The van der Waals surface area contributed by atoms with Crippen LogP contribution in [0, 0.1) is 0 Å². The summed E-state index contributed by atoms with van der Waals surface area (Å²) >= 11 is 3.49. The van der Waals surface area contributed by atoms with E-state index in [0.717, 1.165) is 34.3 Å². The topological polar surface area (TPSA) is 41.6 Å². The number of hydrogen-bond donors (Lipinski definition) is 1. The van der Waals surface area contributed by atoms with Gasteiger partial charge in [0, 0.05) is 22.3 Å². The molecule has 2 rings (SSSR count). The largest absolute Gasteiger partial charge is 0.496 e. The van der Waals surface area contributed by atoms with Gasteiger partial charge in [-0.15, -0.1) is 0 Å². The fourth-order valence-electron chi connectivity index (χ4n) is 3.04. The second-order valence-corrected chi connectivity index (χ2v) is 7.25. The van der Waals surface area contributed by atoms with Gasteiger partial charge < -0.3 is 10.1 Å². The number of ether oxygens (including phenoxy) is 1. The summed E-state index contributed by atoms with van der Waals surface area (Å²) in [4.78, 5) is 14.6. The van der Waals surface area contributed by atoms with Crippen molar-refractivity contribution in [3.8, 4) is 5.75 Å². The highest BCUT2D eigenvalue weighted by Gasteiger charge is 2.13. The maximum absolute atomic E-state index is 12.6. The molecule has 140 valence electrons. The number of carbonyl (C=O) groups excluding carboxylic acids is 1. The Kier molecular flexibility index (Phi) is 7.66. The highest BCUT2D eigenvalue weighted by atomic mass is 79.9. The number of hydrogen-bond acceptors (Lipinski definition) is 3. The predicted molar refractivity (Wildman–Crippen MR) is 111 cm³/mol. The van der Waals surface area contributed by atoms with E-state index in [1.807, 2.05) is 30.1 Å². The molecule has 0 heterocycles. The van der Waals surface area contributed by atoms with Crippen LogP contribution in [0.15, 0.2) is 40.9 Å². The van der Waals surface area contributed by atoms with E-state index in [1.54, 1.807) is 7.11 Å². The van der Waals surface area contributed by atoms with Crippen LogP contribution in [-0.4, -0.2) is 31.5 Å². The van der Waals surface area contributed by atoms with Crippen molar-refractivity contribution in [1.82, 2.24) is 4.90 Å². The van der Waals surface area contributed by atoms with Crippen molar-refractivity contribution in [3.05, 3.63) is 57.6 Å². The molecule has 0 aliphatic carbocycles. The van der Waals surface area contributed by atoms with Crippen LogP contribution in [0.1, 0.15) is 30.5 Å². The first-order chi connectivity index (χ1) is 12.5. The van der Waals surface area contributed by atoms with E-state index in [-0.39, 0.29) is 5.91 Å². The fourth-order valence-corrected chi connectivity index (χ4v) is 3.45. The molecule has 0 unspecified atom stereocenters. The molecule has 0 spiro atoms. The standard InChI is InChI=1S/C21H27BrN2O2/c1-5-15-8-7-9-16(6-2)21(15)23-20(25)14-24(3)13-17-12-18(22)10-11-19(17)26-4/h7-12H,5-6,13-14H2,1-4H3,(H,23,25). The lowest BCUT2D eigenvalue weighted by molar-refractivity contribution is -0.117. The number of methoxy groups -OCH3 is 1. The van der Waals surface area contributed by atoms with E-state index < -0.39 is 0 Å². The molecule has 26 heavy (non-hydrogen) atoms. The van der Waals surface area contributed by atoms with Crippen LogP contribution in [-0.2, 0) is 24.2 Å². The Morgan fingerprint density at radius 1 is 1.12 bits per heavy atom. The van der Waals surface area contributed by atoms with Crippen molar-refractivity contribution in [2.45, 2.75) is 33.2 Å². The summed E-state index contributed by atoms with van der Waals surface area (Å²) in [5.41, 5.74) is 4.36. The second-order valence-electron chi connectivity index (χ2n) is 6.34. The van der Waals surface area contributed by atoms with Crippen molar-refractivity contribution in [2.24, 2.45) is 0 Å². The minimum Gasteiger partial charge on any atom is -0.496 e. The molecule has 2 aromatic carbocycles. The average molecular weight is 419 g/mol. The Morgan fingerprint density at radius 3 is 2.35 bits per heavy atom. The molecule has 0 aromatic heterocycles. The van der Waals surface area contributed by atoms with E-state index >= 15 is 0 Å². The molecule has 0 atom stereocenters. The molecule has 2 aromatic rings. The number of rotatable bonds is 8. The average Bonchev–Trinajstić information content (AvgIpc) is 2.61. The summed E-state index contributed by atoms with van der Waals surface area (Å²) in [5.74, 6) is 0.821. The van der Waals surface area contributed by atoms with E-state index in [2.05, 4.69) is 53.3 Å². The number of aryl methyl sites for hydroxylation is 2. The monoisotopic (exact) mass is 418 g/mol. The number of halogens is 1. The third-order valence-corrected chi connectivity index (χ3v) is 4.85. The Morgan fingerprint density at radius 2 is 1.77 bits per heavy atom.